The number of halogens is 1. The van der Waals surface area contributed by atoms with E-state index in [9.17, 15) is 9.59 Å². The van der Waals surface area contributed by atoms with Crippen molar-refractivity contribution in [2.24, 2.45) is 5.92 Å². The molecular weight excluding hydrogens is 541 g/mol. The molecule has 1 saturated carbocycles. The summed E-state index contributed by atoms with van der Waals surface area (Å²) in [5.74, 6) is -0.00634. The van der Waals surface area contributed by atoms with Gasteiger partial charge in [0.15, 0.2) is 23.1 Å². The number of rotatable bonds is 6. The molecule has 7 rings (SSSR count). The number of amides is 1. The van der Waals surface area contributed by atoms with Gasteiger partial charge in [0.05, 0.1) is 22.3 Å². The fraction of sp³-hybridized carbons (Fsp3) is 0.200. The Balaban J connectivity index is 1.26. The Morgan fingerprint density at radius 3 is 2.73 bits per heavy atom. The molecule has 5 heterocycles. The van der Waals surface area contributed by atoms with Gasteiger partial charge in [0, 0.05) is 39.7 Å². The standard InChI is InChI=1S/C30H24FN7O2S/c1-15(39)23-6-7-24(41-23)20-8-9-33-28-26(20)35-29(36-28)27-21-11-17(12-22(31)25(21)37-38-27)18-10-19(14-32-13-18)34-30(40)16-4-2-3-5-16/h6-14,16H,2-5H2,1H3,(H,34,40)(H,37,38)(H,33,35,36). The fourth-order valence-electron chi connectivity index (χ4n) is 5.43. The van der Waals surface area contributed by atoms with Gasteiger partial charge in [0.1, 0.15) is 11.2 Å². The number of carbonyl (C=O) groups is 2. The SMILES string of the molecule is CC(=O)c1ccc(-c2ccnc3nc(-c4[nH]nc5c(F)cc(-c6cncc(NC(=O)C7CCCC7)c6)cc45)[nH]c23)s1. The summed E-state index contributed by atoms with van der Waals surface area (Å²) in [7, 11) is 0. The van der Waals surface area contributed by atoms with Crippen LogP contribution in [0.5, 0.6) is 0 Å². The molecule has 6 aromatic rings. The minimum absolute atomic E-state index is 0.00173. The molecule has 11 heteroatoms. The monoisotopic (exact) mass is 565 g/mol. The molecule has 1 aromatic carbocycles. The Morgan fingerprint density at radius 2 is 1.93 bits per heavy atom. The predicted octanol–water partition coefficient (Wildman–Crippen LogP) is 6.76. The van der Waals surface area contributed by atoms with E-state index < -0.39 is 5.82 Å². The van der Waals surface area contributed by atoms with Crippen molar-refractivity contribution in [3.63, 3.8) is 0 Å². The highest BCUT2D eigenvalue weighted by atomic mass is 32.1. The lowest BCUT2D eigenvalue weighted by Gasteiger charge is -2.11. The van der Waals surface area contributed by atoms with Crippen LogP contribution in [0.15, 0.2) is 55.0 Å². The van der Waals surface area contributed by atoms with E-state index in [1.54, 1.807) is 31.6 Å². The second-order valence-electron chi connectivity index (χ2n) is 10.2. The van der Waals surface area contributed by atoms with Crippen molar-refractivity contribution < 1.29 is 14.0 Å². The molecule has 0 bridgehead atoms. The molecule has 0 atom stereocenters. The molecule has 3 N–H and O–H groups in total. The zero-order valence-electron chi connectivity index (χ0n) is 22.0. The van der Waals surface area contributed by atoms with Crippen molar-refractivity contribution in [2.75, 3.05) is 5.32 Å². The number of ketones is 1. The number of imidazole rings is 1. The first kappa shape index (κ1) is 25.2. The number of H-pyrrole nitrogens is 2. The Labute approximate surface area is 237 Å². The van der Waals surface area contributed by atoms with Gasteiger partial charge in [-0.25, -0.2) is 14.4 Å². The predicted molar refractivity (Wildman–Crippen MR) is 156 cm³/mol. The summed E-state index contributed by atoms with van der Waals surface area (Å²) in [6.07, 6.45) is 8.84. The number of pyridine rings is 2. The number of anilines is 1. The van der Waals surface area contributed by atoms with E-state index in [0.717, 1.165) is 36.1 Å². The van der Waals surface area contributed by atoms with Crippen LogP contribution >= 0.6 is 11.3 Å². The van der Waals surface area contributed by atoms with E-state index in [2.05, 4.69) is 35.5 Å². The van der Waals surface area contributed by atoms with Gasteiger partial charge >= 0.3 is 0 Å². The van der Waals surface area contributed by atoms with E-state index in [1.165, 1.54) is 17.4 Å². The first-order valence-corrected chi connectivity index (χ1v) is 14.2. The summed E-state index contributed by atoms with van der Waals surface area (Å²) in [5.41, 5.74) is 4.58. The lowest BCUT2D eigenvalue weighted by atomic mass is 10.0. The van der Waals surface area contributed by atoms with Crippen LogP contribution in [-0.4, -0.2) is 41.8 Å². The van der Waals surface area contributed by atoms with E-state index in [4.69, 9.17) is 0 Å². The molecule has 41 heavy (non-hydrogen) atoms. The fourth-order valence-corrected chi connectivity index (χ4v) is 6.36. The maximum atomic E-state index is 15.3. The summed E-state index contributed by atoms with van der Waals surface area (Å²) in [5, 5.41) is 10.7. The summed E-state index contributed by atoms with van der Waals surface area (Å²) in [4.78, 5) is 42.7. The van der Waals surface area contributed by atoms with Crippen molar-refractivity contribution in [2.45, 2.75) is 32.6 Å². The number of hydrogen-bond acceptors (Lipinski definition) is 7. The molecule has 1 aliphatic rings. The van der Waals surface area contributed by atoms with Crippen LogP contribution in [0, 0.1) is 11.7 Å². The zero-order valence-corrected chi connectivity index (χ0v) is 22.8. The van der Waals surface area contributed by atoms with Crippen molar-refractivity contribution >= 4 is 50.8 Å². The second kappa shape index (κ2) is 10.0. The number of nitrogens with one attached hydrogen (secondary N) is 3. The molecule has 0 spiro atoms. The highest BCUT2D eigenvalue weighted by Crippen LogP contribution is 2.36. The van der Waals surface area contributed by atoms with Gasteiger partial charge in [0.2, 0.25) is 5.91 Å². The van der Waals surface area contributed by atoms with Crippen LogP contribution in [0.3, 0.4) is 0 Å². The summed E-state index contributed by atoms with van der Waals surface area (Å²) in [6, 6.07) is 10.6. The van der Waals surface area contributed by atoms with Crippen LogP contribution in [0.25, 0.3) is 55.2 Å². The number of aromatic amines is 2. The Morgan fingerprint density at radius 1 is 1.07 bits per heavy atom. The maximum Gasteiger partial charge on any atom is 0.227 e. The number of benzene rings is 1. The van der Waals surface area contributed by atoms with Gasteiger partial charge in [-0.3, -0.25) is 19.7 Å². The average molecular weight is 566 g/mol. The molecular formula is C30H24FN7O2S. The van der Waals surface area contributed by atoms with Gasteiger partial charge < -0.3 is 10.3 Å². The number of aromatic nitrogens is 6. The quantitative estimate of drug-likeness (QED) is 0.191. The number of Topliss-reactive ketones (excluding diaryl/α,β-unsaturated/α-hetero) is 1. The molecule has 204 valence electrons. The lowest BCUT2D eigenvalue weighted by Crippen LogP contribution is -2.20. The number of hydrogen-bond donors (Lipinski definition) is 3. The number of fused-ring (bicyclic) bond motifs is 2. The maximum absolute atomic E-state index is 15.3. The number of thiophene rings is 1. The van der Waals surface area contributed by atoms with Crippen molar-refractivity contribution in [1.82, 2.24) is 30.1 Å². The van der Waals surface area contributed by atoms with E-state index in [1.807, 2.05) is 24.3 Å². The molecule has 0 radical (unpaired) electrons. The minimum Gasteiger partial charge on any atom is -0.335 e. The third kappa shape index (κ3) is 4.57. The molecule has 0 aliphatic heterocycles. The molecule has 0 saturated heterocycles. The second-order valence-corrected chi connectivity index (χ2v) is 11.3. The summed E-state index contributed by atoms with van der Waals surface area (Å²) < 4.78 is 15.3. The molecule has 0 unspecified atom stereocenters. The van der Waals surface area contributed by atoms with Crippen molar-refractivity contribution in [3.8, 4) is 33.1 Å². The topological polar surface area (TPSA) is 129 Å². The average Bonchev–Trinajstić information content (AvgIpc) is 3.78. The van der Waals surface area contributed by atoms with Crippen LogP contribution in [-0.2, 0) is 4.79 Å². The Kier molecular flexibility index (Phi) is 6.15. The Bertz CT molecular complexity index is 1970. The van der Waals surface area contributed by atoms with E-state index in [0.29, 0.717) is 49.8 Å². The van der Waals surface area contributed by atoms with E-state index in [-0.39, 0.29) is 23.1 Å². The minimum atomic E-state index is -0.495. The molecule has 5 aromatic heterocycles. The smallest absolute Gasteiger partial charge is 0.227 e. The van der Waals surface area contributed by atoms with Crippen LogP contribution in [0.4, 0.5) is 10.1 Å². The van der Waals surface area contributed by atoms with Gasteiger partial charge in [-0.15, -0.1) is 11.3 Å². The van der Waals surface area contributed by atoms with Crippen LogP contribution in [0.1, 0.15) is 42.3 Å². The molecule has 9 nitrogen and oxygen atoms in total. The lowest BCUT2D eigenvalue weighted by molar-refractivity contribution is -0.119. The number of carbonyl (C=O) groups excluding carboxylic acids is 2. The normalized spacial score (nSPS) is 13.8. The van der Waals surface area contributed by atoms with E-state index >= 15 is 4.39 Å². The van der Waals surface area contributed by atoms with Gasteiger partial charge in [0.25, 0.3) is 0 Å². The van der Waals surface area contributed by atoms with Gasteiger partial charge in [-0.2, -0.15) is 5.10 Å². The first-order chi connectivity index (χ1) is 19.9. The third-order valence-electron chi connectivity index (χ3n) is 7.52. The first-order valence-electron chi connectivity index (χ1n) is 13.3. The van der Waals surface area contributed by atoms with Gasteiger partial charge in [-0.05, 0) is 61.7 Å². The summed E-state index contributed by atoms with van der Waals surface area (Å²) in [6.45, 7) is 1.54. The zero-order chi connectivity index (χ0) is 28.1. The molecule has 1 aliphatic carbocycles. The highest BCUT2D eigenvalue weighted by molar-refractivity contribution is 7.17. The largest absolute Gasteiger partial charge is 0.335 e. The van der Waals surface area contributed by atoms with Crippen molar-refractivity contribution in [1.29, 1.82) is 0 Å². The van der Waals surface area contributed by atoms with Crippen molar-refractivity contribution in [3.05, 3.63) is 65.7 Å². The molecule has 1 amide bonds. The third-order valence-corrected chi connectivity index (χ3v) is 8.74. The molecule has 1 fully saturated rings. The highest BCUT2D eigenvalue weighted by Gasteiger charge is 2.23. The van der Waals surface area contributed by atoms with Gasteiger partial charge in [-0.1, -0.05) is 12.8 Å². The van der Waals surface area contributed by atoms with Crippen LogP contribution in [0.2, 0.25) is 0 Å². The summed E-state index contributed by atoms with van der Waals surface area (Å²) >= 11 is 1.40. The number of nitrogens with zero attached hydrogens (tertiary/aromatic N) is 4. The Hall–Kier alpha value is -4.77. The van der Waals surface area contributed by atoms with Crippen LogP contribution < -0.4 is 5.32 Å².